The Hall–Kier alpha value is -2.38. The zero-order valence-electron chi connectivity index (χ0n) is 12.4. The van der Waals surface area contributed by atoms with E-state index in [1.807, 2.05) is 0 Å². The summed E-state index contributed by atoms with van der Waals surface area (Å²) >= 11 is 1.70. The van der Waals surface area contributed by atoms with Gasteiger partial charge in [0.2, 0.25) is 0 Å². The van der Waals surface area contributed by atoms with Gasteiger partial charge in [-0.1, -0.05) is 0 Å². The third kappa shape index (κ3) is 2.93. The summed E-state index contributed by atoms with van der Waals surface area (Å²) in [6.07, 6.45) is 5.50. The summed E-state index contributed by atoms with van der Waals surface area (Å²) in [5.74, 6) is 0.534. The molecule has 0 unspecified atom stereocenters. The molecule has 4 rings (SSSR count). The molecule has 0 saturated heterocycles. The van der Waals surface area contributed by atoms with E-state index in [0.717, 1.165) is 36.3 Å². The van der Waals surface area contributed by atoms with Crippen LogP contribution in [0.15, 0.2) is 40.3 Å². The van der Waals surface area contributed by atoms with Crippen LogP contribution in [0.25, 0.3) is 11.4 Å². The molecule has 0 bridgehead atoms. The number of aromatic nitrogens is 4. The smallest absolute Gasteiger partial charge is 0.254 e. The highest BCUT2D eigenvalue weighted by molar-refractivity contribution is 7.07. The predicted molar refractivity (Wildman–Crippen MR) is 88.0 cm³/mol. The van der Waals surface area contributed by atoms with Crippen molar-refractivity contribution in [3.05, 3.63) is 62.7 Å². The Kier molecular flexibility index (Phi) is 3.72. The minimum absolute atomic E-state index is 0.0518. The first-order chi connectivity index (χ1) is 11.3. The lowest BCUT2D eigenvalue weighted by Gasteiger charge is -2.27. The van der Waals surface area contributed by atoms with Gasteiger partial charge in [-0.15, -0.1) is 0 Å². The number of thiophene rings is 1. The first kappa shape index (κ1) is 14.2. The summed E-state index contributed by atoms with van der Waals surface area (Å²) in [4.78, 5) is 30.1. The largest absolute Gasteiger partial charge is 0.306 e. The van der Waals surface area contributed by atoms with Crippen molar-refractivity contribution in [1.29, 1.82) is 0 Å². The second kappa shape index (κ2) is 6.02. The zero-order valence-corrected chi connectivity index (χ0v) is 13.2. The standard InChI is InChI=1S/C16H15N5OS/c22-16-13-1-3-21(7-11-2-4-23-9-11)8-14(13)19-15(20-16)12-5-17-10-18-6-12/h2,4-6,9-10H,1,3,7-8H2,(H,19,20,22). The van der Waals surface area contributed by atoms with Crippen LogP contribution >= 0.6 is 11.3 Å². The fraction of sp³-hybridized carbons (Fsp3) is 0.250. The lowest BCUT2D eigenvalue weighted by atomic mass is 10.1. The number of hydrogen-bond donors (Lipinski definition) is 1. The van der Waals surface area contributed by atoms with E-state index in [0.29, 0.717) is 12.4 Å². The number of hydrogen-bond acceptors (Lipinski definition) is 6. The average molecular weight is 325 g/mol. The molecule has 0 radical (unpaired) electrons. The first-order valence-corrected chi connectivity index (χ1v) is 8.35. The van der Waals surface area contributed by atoms with Crippen LogP contribution in [0.5, 0.6) is 0 Å². The first-order valence-electron chi connectivity index (χ1n) is 7.40. The Morgan fingerprint density at radius 2 is 2.17 bits per heavy atom. The van der Waals surface area contributed by atoms with Crippen LogP contribution in [-0.2, 0) is 19.5 Å². The number of H-pyrrole nitrogens is 1. The van der Waals surface area contributed by atoms with E-state index in [-0.39, 0.29) is 5.56 Å². The monoisotopic (exact) mass is 325 g/mol. The zero-order chi connectivity index (χ0) is 15.6. The molecule has 6 nitrogen and oxygen atoms in total. The minimum Gasteiger partial charge on any atom is -0.306 e. The summed E-state index contributed by atoms with van der Waals surface area (Å²) in [5.41, 5.74) is 3.63. The maximum atomic E-state index is 12.3. The van der Waals surface area contributed by atoms with E-state index in [4.69, 9.17) is 0 Å². The van der Waals surface area contributed by atoms with E-state index in [2.05, 4.69) is 41.7 Å². The van der Waals surface area contributed by atoms with Crippen molar-refractivity contribution in [2.75, 3.05) is 6.54 Å². The van der Waals surface area contributed by atoms with Gasteiger partial charge in [-0.2, -0.15) is 11.3 Å². The van der Waals surface area contributed by atoms with Crippen molar-refractivity contribution >= 4 is 11.3 Å². The number of nitrogens with one attached hydrogen (secondary N) is 1. The highest BCUT2D eigenvalue weighted by atomic mass is 32.1. The summed E-state index contributed by atoms with van der Waals surface area (Å²) in [7, 11) is 0. The molecule has 0 saturated carbocycles. The van der Waals surface area contributed by atoms with Gasteiger partial charge < -0.3 is 4.98 Å². The molecule has 3 aromatic rings. The number of rotatable bonds is 3. The van der Waals surface area contributed by atoms with Crippen LogP contribution in [-0.4, -0.2) is 31.4 Å². The molecule has 1 aliphatic rings. The molecule has 116 valence electrons. The van der Waals surface area contributed by atoms with Crippen molar-refractivity contribution in [2.45, 2.75) is 19.5 Å². The summed E-state index contributed by atoms with van der Waals surface area (Å²) in [6, 6.07) is 2.14. The molecular formula is C16H15N5OS. The van der Waals surface area contributed by atoms with Crippen molar-refractivity contribution in [3.63, 3.8) is 0 Å². The van der Waals surface area contributed by atoms with E-state index in [1.165, 1.54) is 11.9 Å². The van der Waals surface area contributed by atoms with Crippen LogP contribution in [0, 0.1) is 0 Å². The molecular weight excluding hydrogens is 310 g/mol. The summed E-state index contributed by atoms with van der Waals surface area (Å²) < 4.78 is 0. The van der Waals surface area contributed by atoms with Gasteiger partial charge in [0.15, 0.2) is 0 Å². The average Bonchev–Trinajstić information content (AvgIpc) is 3.08. The van der Waals surface area contributed by atoms with E-state index in [9.17, 15) is 4.79 Å². The maximum absolute atomic E-state index is 12.3. The Labute approximate surface area is 136 Å². The number of aromatic amines is 1. The Balaban J connectivity index is 1.64. The van der Waals surface area contributed by atoms with Gasteiger partial charge in [-0.25, -0.2) is 15.0 Å². The molecule has 0 aliphatic carbocycles. The van der Waals surface area contributed by atoms with Gasteiger partial charge in [-0.3, -0.25) is 9.69 Å². The fourth-order valence-electron chi connectivity index (χ4n) is 2.83. The Morgan fingerprint density at radius 1 is 1.30 bits per heavy atom. The molecule has 4 heterocycles. The molecule has 23 heavy (non-hydrogen) atoms. The van der Waals surface area contributed by atoms with E-state index in [1.54, 1.807) is 23.7 Å². The molecule has 0 amide bonds. The maximum Gasteiger partial charge on any atom is 0.254 e. The summed E-state index contributed by atoms with van der Waals surface area (Å²) in [5, 5.41) is 4.25. The lowest BCUT2D eigenvalue weighted by Crippen LogP contribution is -2.35. The second-order valence-corrected chi connectivity index (χ2v) is 6.34. The van der Waals surface area contributed by atoms with Crippen LogP contribution in [0.4, 0.5) is 0 Å². The minimum atomic E-state index is -0.0518. The van der Waals surface area contributed by atoms with Crippen LogP contribution in [0.2, 0.25) is 0 Å². The lowest BCUT2D eigenvalue weighted by molar-refractivity contribution is 0.241. The van der Waals surface area contributed by atoms with Crippen molar-refractivity contribution in [3.8, 4) is 11.4 Å². The van der Waals surface area contributed by atoms with E-state index >= 15 is 0 Å². The van der Waals surface area contributed by atoms with Crippen LogP contribution < -0.4 is 5.56 Å². The second-order valence-electron chi connectivity index (χ2n) is 5.56. The molecule has 0 spiro atoms. The molecule has 0 aromatic carbocycles. The van der Waals surface area contributed by atoms with Crippen LogP contribution in [0.1, 0.15) is 16.8 Å². The fourth-order valence-corrected chi connectivity index (χ4v) is 3.49. The Morgan fingerprint density at radius 3 is 2.96 bits per heavy atom. The third-order valence-corrected chi connectivity index (χ3v) is 4.70. The topological polar surface area (TPSA) is 74.8 Å². The van der Waals surface area contributed by atoms with Gasteiger partial charge in [0.25, 0.3) is 5.56 Å². The Bertz CT molecular complexity index is 860. The quantitative estimate of drug-likeness (QED) is 0.795. The van der Waals surface area contributed by atoms with Gasteiger partial charge in [0.1, 0.15) is 12.2 Å². The van der Waals surface area contributed by atoms with Crippen molar-refractivity contribution < 1.29 is 0 Å². The van der Waals surface area contributed by atoms with Gasteiger partial charge in [-0.05, 0) is 28.8 Å². The normalized spacial score (nSPS) is 14.6. The molecule has 0 fully saturated rings. The van der Waals surface area contributed by atoms with Crippen molar-refractivity contribution in [2.24, 2.45) is 0 Å². The van der Waals surface area contributed by atoms with Gasteiger partial charge in [0.05, 0.1) is 11.3 Å². The highest BCUT2D eigenvalue weighted by Crippen LogP contribution is 2.19. The van der Waals surface area contributed by atoms with E-state index < -0.39 is 0 Å². The van der Waals surface area contributed by atoms with Gasteiger partial charge >= 0.3 is 0 Å². The molecule has 1 N–H and O–H groups in total. The van der Waals surface area contributed by atoms with Gasteiger partial charge in [0, 0.05) is 37.6 Å². The summed E-state index contributed by atoms with van der Waals surface area (Å²) in [6.45, 7) is 2.46. The third-order valence-electron chi connectivity index (χ3n) is 3.97. The molecule has 0 atom stereocenters. The molecule has 1 aliphatic heterocycles. The van der Waals surface area contributed by atoms with Crippen molar-refractivity contribution in [1.82, 2.24) is 24.8 Å². The number of nitrogens with zero attached hydrogens (tertiary/aromatic N) is 4. The highest BCUT2D eigenvalue weighted by Gasteiger charge is 2.21. The van der Waals surface area contributed by atoms with Crippen LogP contribution in [0.3, 0.4) is 0 Å². The molecule has 3 aromatic heterocycles. The SMILES string of the molecule is O=c1[nH]c(-c2cncnc2)nc2c1CCN(Cc1ccsc1)C2. The predicted octanol–water partition coefficient (Wildman–Crippen LogP) is 1.85. The molecule has 7 heteroatoms. The number of fused-ring (bicyclic) bond motifs is 1.